The summed E-state index contributed by atoms with van der Waals surface area (Å²) in [6.45, 7) is 1.96. The third kappa shape index (κ3) is 4.72. The summed E-state index contributed by atoms with van der Waals surface area (Å²) in [7, 11) is 3.19. The van der Waals surface area contributed by atoms with Gasteiger partial charge in [-0.25, -0.2) is 0 Å². The van der Waals surface area contributed by atoms with Gasteiger partial charge in [0, 0.05) is 20.9 Å². The molecule has 0 aliphatic carbocycles. The van der Waals surface area contributed by atoms with E-state index < -0.39 is 0 Å². The first-order valence-electron chi connectivity index (χ1n) is 7.00. The largest absolute Gasteiger partial charge is 0.497 e. The van der Waals surface area contributed by atoms with Crippen molar-refractivity contribution in [3.63, 3.8) is 0 Å². The van der Waals surface area contributed by atoms with Crippen LogP contribution in [-0.4, -0.2) is 20.1 Å². The molecule has 0 bridgehead atoms. The maximum Gasteiger partial charge on any atom is 0.248 e. The molecule has 0 unspecified atom stereocenters. The molecule has 4 nitrogen and oxygen atoms in total. The highest BCUT2D eigenvalue weighted by Gasteiger charge is 2.05. The van der Waals surface area contributed by atoms with E-state index in [4.69, 9.17) is 9.47 Å². The van der Waals surface area contributed by atoms with Gasteiger partial charge in [0.25, 0.3) is 0 Å². The molecule has 0 fully saturated rings. The number of carbonyl (C=O) groups excluding carboxylic acids is 1. The van der Waals surface area contributed by atoms with E-state index in [1.54, 1.807) is 26.4 Å². The second kappa shape index (κ2) is 8.01. The smallest absolute Gasteiger partial charge is 0.248 e. The van der Waals surface area contributed by atoms with Crippen molar-refractivity contribution in [2.24, 2.45) is 0 Å². The standard InChI is InChI=1S/C18H18INO3/c1-12-10-14(19)5-7-16(12)20-18(21)9-4-13-11-15(22-2)6-8-17(13)23-3/h4-11H,1-3H3,(H,20,21). The fourth-order valence-corrected chi connectivity index (χ4v) is 2.72. The average molecular weight is 423 g/mol. The summed E-state index contributed by atoms with van der Waals surface area (Å²) >= 11 is 2.24. The van der Waals surface area contributed by atoms with Gasteiger partial charge in [-0.05, 0) is 77.6 Å². The van der Waals surface area contributed by atoms with E-state index in [1.807, 2.05) is 37.3 Å². The van der Waals surface area contributed by atoms with Crippen LogP contribution in [-0.2, 0) is 4.79 Å². The molecule has 0 saturated heterocycles. The molecule has 0 heterocycles. The van der Waals surface area contributed by atoms with E-state index in [0.29, 0.717) is 11.5 Å². The van der Waals surface area contributed by atoms with Crippen molar-refractivity contribution in [2.75, 3.05) is 19.5 Å². The first-order valence-corrected chi connectivity index (χ1v) is 8.08. The Morgan fingerprint density at radius 3 is 2.57 bits per heavy atom. The van der Waals surface area contributed by atoms with Crippen molar-refractivity contribution < 1.29 is 14.3 Å². The van der Waals surface area contributed by atoms with E-state index in [1.165, 1.54) is 6.08 Å². The molecule has 2 aromatic carbocycles. The highest BCUT2D eigenvalue weighted by molar-refractivity contribution is 14.1. The average Bonchev–Trinajstić information content (AvgIpc) is 2.55. The van der Waals surface area contributed by atoms with Crippen LogP contribution >= 0.6 is 22.6 Å². The highest BCUT2D eigenvalue weighted by atomic mass is 127. The predicted octanol–water partition coefficient (Wildman–Crippen LogP) is 4.27. The van der Waals surface area contributed by atoms with Gasteiger partial charge in [0.2, 0.25) is 5.91 Å². The van der Waals surface area contributed by atoms with E-state index >= 15 is 0 Å². The second-order valence-electron chi connectivity index (χ2n) is 4.89. The van der Waals surface area contributed by atoms with E-state index in [-0.39, 0.29) is 5.91 Å². The molecule has 0 spiro atoms. The Kier molecular flexibility index (Phi) is 6.04. The van der Waals surface area contributed by atoms with Gasteiger partial charge in [0.15, 0.2) is 0 Å². The Bertz CT molecular complexity index is 741. The van der Waals surface area contributed by atoms with Gasteiger partial charge in [-0.2, -0.15) is 0 Å². The number of benzene rings is 2. The van der Waals surface area contributed by atoms with Crippen LogP contribution in [0.2, 0.25) is 0 Å². The Hall–Kier alpha value is -2.02. The van der Waals surface area contributed by atoms with Crippen molar-refractivity contribution in [3.8, 4) is 11.5 Å². The Morgan fingerprint density at radius 1 is 1.13 bits per heavy atom. The number of carbonyl (C=O) groups is 1. The number of amides is 1. The highest BCUT2D eigenvalue weighted by Crippen LogP contribution is 2.25. The summed E-state index contributed by atoms with van der Waals surface area (Å²) in [6, 6.07) is 11.3. The van der Waals surface area contributed by atoms with Crippen LogP contribution in [0.5, 0.6) is 11.5 Å². The molecule has 0 aromatic heterocycles. The minimum Gasteiger partial charge on any atom is -0.497 e. The van der Waals surface area contributed by atoms with Crippen molar-refractivity contribution in [1.82, 2.24) is 0 Å². The third-order valence-corrected chi connectivity index (χ3v) is 3.97. The first-order chi connectivity index (χ1) is 11.0. The zero-order valence-electron chi connectivity index (χ0n) is 13.2. The minimum absolute atomic E-state index is 0.195. The molecule has 0 saturated carbocycles. The van der Waals surface area contributed by atoms with Gasteiger partial charge < -0.3 is 14.8 Å². The van der Waals surface area contributed by atoms with Gasteiger partial charge in [-0.1, -0.05) is 0 Å². The number of hydrogen-bond acceptors (Lipinski definition) is 3. The number of anilines is 1. The van der Waals surface area contributed by atoms with Crippen LogP contribution in [0.25, 0.3) is 6.08 Å². The lowest BCUT2D eigenvalue weighted by atomic mass is 10.1. The molecular weight excluding hydrogens is 405 g/mol. The number of aryl methyl sites for hydroxylation is 1. The number of rotatable bonds is 5. The normalized spacial score (nSPS) is 10.6. The second-order valence-corrected chi connectivity index (χ2v) is 6.14. The number of nitrogens with one attached hydrogen (secondary N) is 1. The zero-order chi connectivity index (χ0) is 16.8. The molecule has 1 amide bonds. The summed E-state index contributed by atoms with van der Waals surface area (Å²) in [5, 5.41) is 2.87. The van der Waals surface area contributed by atoms with E-state index in [2.05, 4.69) is 27.9 Å². The maximum absolute atomic E-state index is 12.1. The lowest BCUT2D eigenvalue weighted by molar-refractivity contribution is -0.111. The minimum atomic E-state index is -0.195. The number of ether oxygens (including phenoxy) is 2. The third-order valence-electron chi connectivity index (χ3n) is 3.30. The predicted molar refractivity (Wildman–Crippen MR) is 101 cm³/mol. The van der Waals surface area contributed by atoms with E-state index in [0.717, 1.165) is 20.4 Å². The molecule has 0 radical (unpaired) electrons. The molecule has 2 aromatic rings. The summed E-state index contributed by atoms with van der Waals surface area (Å²) < 4.78 is 11.6. The molecule has 1 N–H and O–H groups in total. The quantitative estimate of drug-likeness (QED) is 0.578. The van der Waals surface area contributed by atoms with Gasteiger partial charge in [-0.3, -0.25) is 4.79 Å². The molecule has 23 heavy (non-hydrogen) atoms. The van der Waals surface area contributed by atoms with Crippen molar-refractivity contribution >= 4 is 40.3 Å². The number of hydrogen-bond donors (Lipinski definition) is 1. The maximum atomic E-state index is 12.1. The molecule has 5 heteroatoms. The SMILES string of the molecule is COc1ccc(OC)c(C=CC(=O)Nc2ccc(I)cc2C)c1. The van der Waals surface area contributed by atoms with Crippen LogP contribution in [0.1, 0.15) is 11.1 Å². The van der Waals surface area contributed by atoms with Crippen LogP contribution in [0.3, 0.4) is 0 Å². The fraction of sp³-hybridized carbons (Fsp3) is 0.167. The van der Waals surface area contributed by atoms with E-state index in [9.17, 15) is 4.79 Å². The first kappa shape index (κ1) is 17.3. The molecule has 2 rings (SSSR count). The van der Waals surface area contributed by atoms with Gasteiger partial charge in [-0.15, -0.1) is 0 Å². The topological polar surface area (TPSA) is 47.6 Å². The Morgan fingerprint density at radius 2 is 1.91 bits per heavy atom. The van der Waals surface area contributed by atoms with Crippen molar-refractivity contribution in [1.29, 1.82) is 0 Å². The molecule has 0 aliphatic rings. The number of halogens is 1. The summed E-state index contributed by atoms with van der Waals surface area (Å²) in [6.07, 6.45) is 3.19. The summed E-state index contributed by atoms with van der Waals surface area (Å²) in [5.41, 5.74) is 2.61. The summed E-state index contributed by atoms with van der Waals surface area (Å²) in [5.74, 6) is 1.19. The molecule has 0 atom stereocenters. The lowest BCUT2D eigenvalue weighted by Gasteiger charge is -2.08. The molecule has 0 aliphatic heterocycles. The van der Waals surface area contributed by atoms with Gasteiger partial charge in [0.1, 0.15) is 11.5 Å². The Labute approximate surface area is 149 Å². The molecule has 120 valence electrons. The van der Waals surface area contributed by atoms with Crippen molar-refractivity contribution in [3.05, 3.63) is 57.2 Å². The van der Waals surface area contributed by atoms with Gasteiger partial charge >= 0.3 is 0 Å². The van der Waals surface area contributed by atoms with Crippen molar-refractivity contribution in [2.45, 2.75) is 6.92 Å². The summed E-state index contributed by atoms with van der Waals surface area (Å²) in [4.78, 5) is 12.1. The van der Waals surface area contributed by atoms with Crippen LogP contribution in [0.15, 0.2) is 42.5 Å². The Balaban J connectivity index is 2.14. The zero-order valence-corrected chi connectivity index (χ0v) is 15.4. The van der Waals surface area contributed by atoms with Crippen LogP contribution < -0.4 is 14.8 Å². The molecular formula is C18H18INO3. The van der Waals surface area contributed by atoms with Crippen LogP contribution in [0, 0.1) is 10.5 Å². The van der Waals surface area contributed by atoms with Crippen LogP contribution in [0.4, 0.5) is 5.69 Å². The monoisotopic (exact) mass is 423 g/mol. The number of methoxy groups -OCH3 is 2. The lowest BCUT2D eigenvalue weighted by Crippen LogP contribution is -2.09. The van der Waals surface area contributed by atoms with Gasteiger partial charge in [0.05, 0.1) is 14.2 Å². The fourth-order valence-electron chi connectivity index (χ4n) is 2.08.